The van der Waals surface area contributed by atoms with Crippen molar-refractivity contribution in [1.29, 1.82) is 0 Å². The Morgan fingerprint density at radius 2 is 2.03 bits per heavy atom. The fraction of sp³-hybridized carbons (Fsp3) is 0.217. The summed E-state index contributed by atoms with van der Waals surface area (Å²) < 4.78 is 7.11. The van der Waals surface area contributed by atoms with Crippen molar-refractivity contribution in [3.8, 4) is 17.1 Å². The lowest BCUT2D eigenvalue weighted by Crippen LogP contribution is -2.18. The van der Waals surface area contributed by atoms with Gasteiger partial charge >= 0.3 is 0 Å². The number of hydrogen-bond acceptors (Lipinski definition) is 6. The van der Waals surface area contributed by atoms with E-state index < -0.39 is 0 Å². The molecule has 10 heteroatoms. The van der Waals surface area contributed by atoms with Crippen LogP contribution in [0.4, 0.5) is 5.82 Å². The van der Waals surface area contributed by atoms with Crippen molar-refractivity contribution in [2.45, 2.75) is 26.8 Å². The van der Waals surface area contributed by atoms with E-state index in [-0.39, 0.29) is 11.9 Å². The molecule has 0 fully saturated rings. The Labute approximate surface area is 191 Å². The smallest absolute Gasteiger partial charge is 0.218 e. The van der Waals surface area contributed by atoms with Crippen LogP contribution in [0.5, 0.6) is 5.88 Å². The van der Waals surface area contributed by atoms with Gasteiger partial charge in [-0.25, -0.2) is 20.0 Å². The molecule has 0 atom stereocenters. The molecule has 0 amide bonds. The molecule has 4 rings (SSSR count). The maximum absolute atomic E-state index is 6.27. The van der Waals surface area contributed by atoms with Gasteiger partial charge in [0.05, 0.1) is 18.5 Å². The highest BCUT2D eigenvalue weighted by molar-refractivity contribution is 6.11. The monoisotopic (exact) mass is 443 g/mol. The number of aromatic amines is 1. The van der Waals surface area contributed by atoms with E-state index in [1.165, 1.54) is 13.4 Å². The predicted octanol–water partition coefficient (Wildman–Crippen LogP) is 3.44. The number of hydrogen-bond donors (Lipinski definition) is 2. The van der Waals surface area contributed by atoms with Gasteiger partial charge in [0.1, 0.15) is 12.0 Å². The Morgan fingerprint density at radius 1 is 1.18 bits per heavy atom. The highest BCUT2D eigenvalue weighted by atomic mass is 16.5. The lowest BCUT2D eigenvalue weighted by Gasteiger charge is -2.06. The van der Waals surface area contributed by atoms with Crippen molar-refractivity contribution in [2.75, 3.05) is 7.11 Å². The normalized spacial score (nSPS) is 12.4. The van der Waals surface area contributed by atoms with E-state index in [2.05, 4.69) is 48.9 Å². The van der Waals surface area contributed by atoms with Crippen LogP contribution in [0.2, 0.25) is 0 Å². The number of nitrogens with one attached hydrogen (secondary N) is 1. The number of pyridine rings is 1. The topological polar surface area (TPSA) is 132 Å². The van der Waals surface area contributed by atoms with Crippen molar-refractivity contribution in [3.05, 3.63) is 72.2 Å². The quantitative estimate of drug-likeness (QED) is 0.346. The van der Waals surface area contributed by atoms with Crippen LogP contribution < -0.4 is 10.5 Å². The number of rotatable bonds is 6. The molecule has 0 unspecified atom stereocenters. The van der Waals surface area contributed by atoms with Crippen LogP contribution in [0.15, 0.2) is 65.2 Å². The summed E-state index contributed by atoms with van der Waals surface area (Å²) in [6.45, 7) is 6.15. The summed E-state index contributed by atoms with van der Waals surface area (Å²) in [5, 5.41) is 4.68. The van der Waals surface area contributed by atoms with Crippen LogP contribution in [-0.2, 0) is 0 Å². The molecule has 4 aromatic heterocycles. The predicted molar refractivity (Wildman–Crippen MR) is 127 cm³/mol. The van der Waals surface area contributed by atoms with Crippen LogP contribution in [0.1, 0.15) is 36.8 Å². The van der Waals surface area contributed by atoms with Crippen LogP contribution >= 0.6 is 0 Å². The highest BCUT2D eigenvalue weighted by Gasteiger charge is 2.17. The molecule has 168 valence electrons. The maximum Gasteiger partial charge on any atom is 0.218 e. The van der Waals surface area contributed by atoms with Crippen molar-refractivity contribution in [1.82, 2.24) is 29.7 Å². The third-order valence-corrected chi connectivity index (χ3v) is 4.99. The van der Waals surface area contributed by atoms with Gasteiger partial charge in [-0.15, -0.1) is 0 Å². The summed E-state index contributed by atoms with van der Waals surface area (Å²) in [4.78, 5) is 25.0. The molecule has 4 heterocycles. The van der Waals surface area contributed by atoms with Gasteiger partial charge in [0.15, 0.2) is 17.5 Å². The van der Waals surface area contributed by atoms with E-state index in [9.17, 15) is 0 Å². The maximum atomic E-state index is 6.27. The lowest BCUT2D eigenvalue weighted by molar-refractivity contribution is 0.397. The molecule has 0 spiro atoms. The zero-order valence-electron chi connectivity index (χ0n) is 18.9. The molecule has 33 heavy (non-hydrogen) atoms. The van der Waals surface area contributed by atoms with Gasteiger partial charge in [0.2, 0.25) is 5.88 Å². The zero-order chi connectivity index (χ0) is 23.4. The van der Waals surface area contributed by atoms with Gasteiger partial charge in [-0.05, 0) is 44.5 Å². The zero-order valence-corrected chi connectivity index (χ0v) is 18.9. The molecule has 0 saturated heterocycles. The molecule has 4 aromatic rings. The average molecular weight is 444 g/mol. The van der Waals surface area contributed by atoms with Crippen LogP contribution in [0.3, 0.4) is 0 Å². The number of amidine groups is 2. The minimum Gasteiger partial charge on any atom is -0.481 e. The summed E-state index contributed by atoms with van der Waals surface area (Å²) in [5.41, 5.74) is 10.2. The second-order valence-electron chi connectivity index (χ2n) is 7.54. The Hall–Kier alpha value is -4.34. The van der Waals surface area contributed by atoms with E-state index in [4.69, 9.17) is 10.5 Å². The van der Waals surface area contributed by atoms with Crippen LogP contribution in [0, 0.1) is 6.92 Å². The number of nitrogens with two attached hydrogens (primary N) is 1. The Kier molecular flexibility index (Phi) is 6.25. The minimum absolute atomic E-state index is 0.231. The van der Waals surface area contributed by atoms with E-state index in [0.717, 1.165) is 16.8 Å². The number of H-pyrrole nitrogens is 1. The first-order chi connectivity index (χ1) is 16.0. The van der Waals surface area contributed by atoms with Crippen molar-refractivity contribution < 1.29 is 4.74 Å². The molecule has 0 aliphatic heterocycles. The van der Waals surface area contributed by atoms with Gasteiger partial charge in [-0.2, -0.15) is 5.10 Å². The van der Waals surface area contributed by atoms with Crippen molar-refractivity contribution in [2.24, 2.45) is 15.7 Å². The standard InChI is InChI=1S/C23H25N9O/c1-14(2)32-10-8-17(31-32)16-12-26-21(15(16)3)23(29-19-11-20(33-4)28-13-27-19)30-22(24)18-7-5-6-9-25-18/h5-14,26H,1-4H3,(H2,24,27,28,29,30). The van der Waals surface area contributed by atoms with Crippen LogP contribution in [-0.4, -0.2) is 48.5 Å². The molecule has 0 bridgehead atoms. The molecule has 10 nitrogen and oxygen atoms in total. The first kappa shape index (κ1) is 21.9. The molecular formula is C23H25N9O. The lowest BCUT2D eigenvalue weighted by atomic mass is 10.1. The third kappa shape index (κ3) is 4.79. The number of nitrogens with zero attached hydrogens (tertiary/aromatic N) is 7. The fourth-order valence-corrected chi connectivity index (χ4v) is 3.20. The van der Waals surface area contributed by atoms with E-state index in [1.54, 1.807) is 18.3 Å². The second-order valence-corrected chi connectivity index (χ2v) is 7.54. The molecule has 0 radical (unpaired) electrons. The number of aromatic nitrogens is 6. The molecule has 0 aromatic carbocycles. The van der Waals surface area contributed by atoms with Gasteiger partial charge in [-0.3, -0.25) is 9.67 Å². The number of aliphatic imine (C=N–C) groups is 2. The van der Waals surface area contributed by atoms with E-state index >= 15 is 0 Å². The molecule has 3 N–H and O–H groups in total. The SMILES string of the molecule is COc1cc(/N=C(\N=C(N)c2ccccn2)c2[nH]cc(-c3ccn(C(C)C)n3)c2C)ncn1. The highest BCUT2D eigenvalue weighted by Crippen LogP contribution is 2.26. The van der Waals surface area contributed by atoms with Gasteiger partial charge in [0.25, 0.3) is 0 Å². The third-order valence-electron chi connectivity index (χ3n) is 4.99. The van der Waals surface area contributed by atoms with E-state index in [0.29, 0.717) is 28.9 Å². The second kappa shape index (κ2) is 9.43. The van der Waals surface area contributed by atoms with Gasteiger partial charge in [-0.1, -0.05) is 6.07 Å². The number of methoxy groups -OCH3 is 1. The molecule has 0 saturated carbocycles. The average Bonchev–Trinajstić information content (AvgIpc) is 3.46. The molecular weight excluding hydrogens is 418 g/mol. The Bertz CT molecular complexity index is 1300. The summed E-state index contributed by atoms with van der Waals surface area (Å²) in [5.74, 6) is 1.36. The largest absolute Gasteiger partial charge is 0.481 e. The van der Waals surface area contributed by atoms with Gasteiger partial charge < -0.3 is 15.5 Å². The van der Waals surface area contributed by atoms with Crippen molar-refractivity contribution in [3.63, 3.8) is 0 Å². The summed E-state index contributed by atoms with van der Waals surface area (Å²) in [6.07, 6.45) is 6.89. The fourth-order valence-electron chi connectivity index (χ4n) is 3.20. The first-order valence-electron chi connectivity index (χ1n) is 10.4. The minimum atomic E-state index is 0.231. The van der Waals surface area contributed by atoms with Crippen molar-refractivity contribution >= 4 is 17.5 Å². The van der Waals surface area contributed by atoms with Gasteiger partial charge in [0, 0.05) is 36.3 Å². The summed E-state index contributed by atoms with van der Waals surface area (Å²) >= 11 is 0. The summed E-state index contributed by atoms with van der Waals surface area (Å²) in [7, 11) is 1.53. The summed E-state index contributed by atoms with van der Waals surface area (Å²) in [6, 6.07) is 9.32. The molecule has 0 aliphatic carbocycles. The Balaban J connectivity index is 1.81. The van der Waals surface area contributed by atoms with Crippen LogP contribution in [0.25, 0.3) is 11.3 Å². The molecule has 0 aliphatic rings. The first-order valence-corrected chi connectivity index (χ1v) is 10.4. The number of ether oxygens (including phenoxy) is 1. The van der Waals surface area contributed by atoms with E-state index in [1.807, 2.05) is 42.2 Å². The Morgan fingerprint density at radius 3 is 2.73 bits per heavy atom.